The number of hydrogen-bond acceptors (Lipinski definition) is 9. The van der Waals surface area contributed by atoms with E-state index in [0.717, 1.165) is 0 Å². The topological polar surface area (TPSA) is 206 Å². The first kappa shape index (κ1) is 31.4. The van der Waals surface area contributed by atoms with E-state index >= 15 is 0 Å². The number of ether oxygens (including phenoxy) is 1. The lowest BCUT2D eigenvalue weighted by Gasteiger charge is -2.16. The number of carboxylic acid groups (broad SMARTS) is 1. The first-order chi connectivity index (χ1) is 21.0. The molecule has 2 amide bonds. The zero-order chi connectivity index (χ0) is 32.1. The van der Waals surface area contributed by atoms with Gasteiger partial charge in [-0.25, -0.2) is 14.8 Å². The Hall–Kier alpha value is -5.51. The summed E-state index contributed by atoms with van der Waals surface area (Å²) in [6.45, 7) is 8.11. The molecule has 0 saturated heterocycles. The van der Waals surface area contributed by atoms with Gasteiger partial charge in [0.2, 0.25) is 11.9 Å². The smallest absolute Gasteiger partial charge is 0.335 e. The van der Waals surface area contributed by atoms with Gasteiger partial charge in [0.15, 0.2) is 0 Å². The summed E-state index contributed by atoms with van der Waals surface area (Å²) in [4.78, 5) is 42.0. The molecule has 0 radical (unpaired) electrons. The maximum atomic E-state index is 13.2. The molecule has 0 bridgehead atoms. The number of imidazole rings is 1. The summed E-state index contributed by atoms with van der Waals surface area (Å²) < 4.78 is 10.1. The van der Waals surface area contributed by atoms with Crippen LogP contribution in [0, 0.1) is 19.3 Å². The molecule has 44 heavy (non-hydrogen) atoms. The highest BCUT2D eigenvalue weighted by Crippen LogP contribution is 2.31. The van der Waals surface area contributed by atoms with Crippen molar-refractivity contribution in [3.8, 4) is 5.75 Å². The van der Waals surface area contributed by atoms with Crippen molar-refractivity contribution in [2.45, 2.75) is 47.3 Å². The second kappa shape index (κ2) is 13.2. The molecule has 1 aromatic carbocycles. The number of aryl methyl sites for hydroxylation is 4. The molecule has 16 heteroatoms. The number of carbonyl (C=O) groups is 3. The molecule has 3 heterocycles. The van der Waals surface area contributed by atoms with Gasteiger partial charge in [-0.05, 0) is 52.0 Å². The minimum Gasteiger partial charge on any atom is -0.494 e. The Morgan fingerprint density at radius 1 is 1.00 bits per heavy atom. The summed E-state index contributed by atoms with van der Waals surface area (Å²) in [6.07, 6.45) is 3.20. The van der Waals surface area contributed by atoms with Crippen molar-refractivity contribution >= 4 is 40.7 Å². The van der Waals surface area contributed by atoms with Crippen molar-refractivity contribution < 1.29 is 29.4 Å². The van der Waals surface area contributed by atoms with E-state index < -0.39 is 23.7 Å². The molecule has 3 aromatic heterocycles. The maximum absolute atomic E-state index is 13.2. The number of fused-ring (bicyclic) bond motifs is 1. The number of aromatic carboxylic acids is 1. The van der Waals surface area contributed by atoms with E-state index in [1.165, 1.54) is 23.9 Å². The zero-order valence-corrected chi connectivity index (χ0v) is 25.0. The molecule has 4 aromatic rings. The van der Waals surface area contributed by atoms with E-state index in [1.807, 2.05) is 13.8 Å². The average molecular weight is 607 g/mol. The highest BCUT2D eigenvalue weighted by Gasteiger charge is 2.22. The number of nitrogens with one attached hydrogen (secondary N) is 3. The van der Waals surface area contributed by atoms with E-state index in [0.29, 0.717) is 40.8 Å². The van der Waals surface area contributed by atoms with Crippen LogP contribution in [0.4, 0.5) is 5.95 Å². The van der Waals surface area contributed by atoms with Crippen LogP contribution in [0.3, 0.4) is 0 Å². The van der Waals surface area contributed by atoms with Gasteiger partial charge in [0.25, 0.3) is 11.8 Å². The summed E-state index contributed by atoms with van der Waals surface area (Å²) in [5.41, 5.74) is 2.57. The van der Waals surface area contributed by atoms with Crippen molar-refractivity contribution in [3.63, 3.8) is 0 Å². The number of hydrogen-bond donors (Lipinski definition) is 5. The zero-order valence-electron chi connectivity index (χ0n) is 25.0. The lowest BCUT2D eigenvalue weighted by atomic mass is 10.2. The minimum absolute atomic E-state index is 0.0410. The van der Waals surface area contributed by atoms with Crippen LogP contribution in [0.5, 0.6) is 5.75 Å². The van der Waals surface area contributed by atoms with Gasteiger partial charge < -0.3 is 14.4 Å². The van der Waals surface area contributed by atoms with E-state index in [2.05, 4.69) is 25.8 Å². The highest BCUT2D eigenvalue weighted by atomic mass is 16.5. The Labute approximate surface area is 252 Å². The summed E-state index contributed by atoms with van der Waals surface area (Å²) in [5.74, 6) is -2.40. The Bertz CT molecular complexity index is 1770. The van der Waals surface area contributed by atoms with Gasteiger partial charge in [-0.2, -0.15) is 10.2 Å². The van der Waals surface area contributed by atoms with Crippen LogP contribution in [0.25, 0.3) is 11.0 Å². The van der Waals surface area contributed by atoms with Gasteiger partial charge in [-0.15, -0.1) is 0 Å². The lowest BCUT2D eigenvalue weighted by Crippen LogP contribution is -2.42. The normalized spacial score (nSPS) is 11.2. The van der Waals surface area contributed by atoms with Crippen LogP contribution < -0.4 is 15.4 Å². The fourth-order valence-electron chi connectivity index (χ4n) is 4.57. The summed E-state index contributed by atoms with van der Waals surface area (Å²) in [7, 11) is 1.40. The van der Waals surface area contributed by atoms with Gasteiger partial charge in [0, 0.05) is 19.6 Å². The predicted molar refractivity (Wildman–Crippen MR) is 159 cm³/mol. The van der Waals surface area contributed by atoms with E-state index in [4.69, 9.17) is 10.1 Å². The fourth-order valence-corrected chi connectivity index (χ4v) is 4.57. The Morgan fingerprint density at radius 3 is 2.18 bits per heavy atom. The fraction of sp³-hybridized carbons (Fsp3) is 0.321. The van der Waals surface area contributed by atoms with Crippen molar-refractivity contribution in [1.82, 2.24) is 39.5 Å². The van der Waals surface area contributed by atoms with Crippen LogP contribution in [-0.2, 0) is 19.6 Å². The van der Waals surface area contributed by atoms with Gasteiger partial charge in [-0.1, -0.05) is 12.2 Å². The third-order valence-corrected chi connectivity index (χ3v) is 6.59. The number of nitrogens with zero attached hydrogens (tertiary/aromatic N) is 7. The predicted octanol–water partition coefficient (Wildman–Crippen LogP) is 2.66. The van der Waals surface area contributed by atoms with Crippen LogP contribution >= 0.6 is 0 Å². The highest BCUT2D eigenvalue weighted by molar-refractivity contribution is 6.04. The molecule has 0 spiro atoms. The number of hydroxylamine groups is 2. The molecule has 5 N–H and O–H groups in total. The summed E-state index contributed by atoms with van der Waals surface area (Å²) in [6, 6.07) is 5.97. The number of aromatic nitrogens is 6. The van der Waals surface area contributed by atoms with Crippen molar-refractivity contribution in [2.24, 2.45) is 0 Å². The molecule has 232 valence electrons. The molecular weight excluding hydrogens is 572 g/mol. The molecule has 0 saturated carbocycles. The number of anilines is 1. The standard InChI is InChI=1S/C28H34N10O6/c1-6-36-20(12-16(3)33-36)24(39)31-27(29)38(43)11-9-8-10-35-23-19(14-18(26(41)42)15-22(23)44-5)30-28(35)32-25(40)21-13-17(4)34-37(21)7-2/h8-9,12-15,43H,6-7,10-11H2,1-5H3,(H,41,42)(H2,29,31,39)(H,30,32,40)/b9-8+. The Balaban J connectivity index is 1.55. The molecule has 0 aliphatic heterocycles. The molecule has 16 nitrogen and oxygen atoms in total. The second-order valence-electron chi connectivity index (χ2n) is 9.68. The monoisotopic (exact) mass is 606 g/mol. The Kier molecular flexibility index (Phi) is 9.43. The largest absolute Gasteiger partial charge is 0.494 e. The molecule has 0 unspecified atom stereocenters. The van der Waals surface area contributed by atoms with Gasteiger partial charge in [0.05, 0.1) is 36.1 Å². The van der Waals surface area contributed by atoms with Gasteiger partial charge >= 0.3 is 5.97 Å². The minimum atomic E-state index is -1.17. The third kappa shape index (κ3) is 6.59. The van der Waals surface area contributed by atoms with Gasteiger partial charge in [0.1, 0.15) is 22.7 Å². The van der Waals surface area contributed by atoms with Crippen molar-refractivity contribution in [1.29, 1.82) is 5.41 Å². The van der Waals surface area contributed by atoms with Crippen molar-refractivity contribution in [2.75, 3.05) is 19.0 Å². The molecule has 0 atom stereocenters. The van der Waals surface area contributed by atoms with Gasteiger partial charge in [-0.3, -0.25) is 40.2 Å². The number of methoxy groups -OCH3 is 1. The van der Waals surface area contributed by atoms with E-state index in [-0.39, 0.29) is 41.6 Å². The maximum Gasteiger partial charge on any atom is 0.335 e. The average Bonchev–Trinajstić information content (AvgIpc) is 3.68. The Morgan fingerprint density at radius 2 is 1.61 bits per heavy atom. The number of guanidine groups is 1. The van der Waals surface area contributed by atoms with Crippen molar-refractivity contribution in [3.05, 3.63) is 64.8 Å². The van der Waals surface area contributed by atoms with Crippen LogP contribution in [-0.4, -0.2) is 81.9 Å². The molecular formula is C28H34N10O6. The second-order valence-corrected chi connectivity index (χ2v) is 9.68. The third-order valence-electron chi connectivity index (χ3n) is 6.59. The van der Waals surface area contributed by atoms with Crippen LogP contribution in [0.2, 0.25) is 0 Å². The molecule has 0 aliphatic carbocycles. The van der Waals surface area contributed by atoms with E-state index in [1.54, 1.807) is 47.4 Å². The van der Waals surface area contributed by atoms with E-state index in [9.17, 15) is 24.7 Å². The summed E-state index contributed by atoms with van der Waals surface area (Å²) >= 11 is 0. The summed E-state index contributed by atoms with van der Waals surface area (Å²) in [5, 5.41) is 42.2. The number of amides is 2. The SMILES string of the molecule is CCn1nc(C)cc1C(=O)NC(=N)N(O)C/C=C/Cn1c(NC(=O)c2cc(C)nn2CC)nc2cc(C(=O)O)cc(OC)c21. The van der Waals surface area contributed by atoms with Crippen LogP contribution in [0.1, 0.15) is 56.6 Å². The quantitative estimate of drug-likeness (QED) is 0.0730. The number of carbonyl (C=O) groups excluding carboxylic acids is 2. The van der Waals surface area contributed by atoms with Crippen LogP contribution in [0.15, 0.2) is 36.4 Å². The molecule has 0 aliphatic rings. The lowest BCUT2D eigenvalue weighted by molar-refractivity contribution is -0.00790. The first-order valence-electron chi connectivity index (χ1n) is 13.7. The first-order valence-corrected chi connectivity index (χ1v) is 13.7. The number of rotatable bonds is 11. The number of carboxylic acids is 1. The molecule has 0 fully saturated rings. The number of allylic oxidation sites excluding steroid dienone is 1. The number of benzene rings is 1. The molecule has 4 rings (SSSR count).